The van der Waals surface area contributed by atoms with Crippen LogP contribution in [0.25, 0.3) is 0 Å². The molecule has 1 heterocycles. The Kier molecular flexibility index (Phi) is 4.03. The summed E-state index contributed by atoms with van der Waals surface area (Å²) in [5.41, 5.74) is 1.09. The van der Waals surface area contributed by atoms with Crippen LogP contribution in [0.15, 0.2) is 30.3 Å². The Bertz CT molecular complexity index is 501. The summed E-state index contributed by atoms with van der Waals surface area (Å²) in [5.74, 6) is 0.512. The number of carbonyl (C=O) groups excluding carboxylic acids is 1. The molecule has 1 aliphatic carbocycles. The first-order valence-electron chi connectivity index (χ1n) is 8.13. The molecule has 0 amide bonds. The number of hydrogen-bond donors (Lipinski definition) is 0. The number of fused-ring (bicyclic) bond motifs is 1. The van der Waals surface area contributed by atoms with Crippen molar-refractivity contribution in [2.24, 2.45) is 11.3 Å². The lowest BCUT2D eigenvalue weighted by Gasteiger charge is -2.28. The summed E-state index contributed by atoms with van der Waals surface area (Å²) in [4.78, 5) is 15.0. The van der Waals surface area contributed by atoms with Crippen LogP contribution in [0.2, 0.25) is 0 Å². The van der Waals surface area contributed by atoms with Gasteiger partial charge in [-0.15, -0.1) is 0 Å². The Morgan fingerprint density at radius 3 is 2.90 bits per heavy atom. The Morgan fingerprint density at radius 2 is 2.19 bits per heavy atom. The van der Waals surface area contributed by atoms with Gasteiger partial charge in [-0.1, -0.05) is 36.8 Å². The van der Waals surface area contributed by atoms with Crippen LogP contribution in [0, 0.1) is 11.3 Å². The minimum absolute atomic E-state index is 0.0373. The fourth-order valence-corrected chi connectivity index (χ4v) is 4.17. The van der Waals surface area contributed by atoms with Crippen LogP contribution in [0.1, 0.15) is 44.7 Å². The maximum atomic E-state index is 12.5. The van der Waals surface area contributed by atoms with Gasteiger partial charge in [-0.3, -0.25) is 9.69 Å². The number of benzene rings is 1. The summed E-state index contributed by atoms with van der Waals surface area (Å²) in [7, 11) is 0. The monoisotopic (exact) mass is 287 g/mol. The van der Waals surface area contributed by atoms with E-state index >= 15 is 0 Å². The second kappa shape index (κ2) is 5.80. The molecule has 1 saturated carbocycles. The van der Waals surface area contributed by atoms with Gasteiger partial charge in [0.15, 0.2) is 0 Å². The Hall–Kier alpha value is -1.35. The van der Waals surface area contributed by atoms with Crippen molar-refractivity contribution >= 4 is 5.97 Å². The van der Waals surface area contributed by atoms with Crippen LogP contribution >= 0.6 is 0 Å². The zero-order chi connectivity index (χ0) is 14.9. The van der Waals surface area contributed by atoms with Crippen LogP contribution < -0.4 is 0 Å². The van der Waals surface area contributed by atoms with E-state index in [-0.39, 0.29) is 11.4 Å². The van der Waals surface area contributed by atoms with E-state index in [0.717, 1.165) is 32.4 Å². The van der Waals surface area contributed by atoms with Gasteiger partial charge in [-0.25, -0.2) is 0 Å². The predicted molar refractivity (Wildman–Crippen MR) is 82.8 cm³/mol. The molecule has 3 atom stereocenters. The van der Waals surface area contributed by atoms with Crippen LogP contribution in [0.3, 0.4) is 0 Å². The van der Waals surface area contributed by atoms with Crippen molar-refractivity contribution in [3.05, 3.63) is 35.9 Å². The number of likely N-dealkylation sites (tertiary alicyclic amines) is 1. The van der Waals surface area contributed by atoms with Gasteiger partial charge in [0.25, 0.3) is 0 Å². The molecule has 0 N–H and O–H groups in total. The first kappa shape index (κ1) is 14.6. The van der Waals surface area contributed by atoms with E-state index in [1.54, 1.807) is 0 Å². The zero-order valence-corrected chi connectivity index (χ0v) is 13.0. The van der Waals surface area contributed by atoms with Crippen molar-refractivity contribution in [2.75, 3.05) is 19.7 Å². The van der Waals surface area contributed by atoms with Crippen molar-refractivity contribution in [1.29, 1.82) is 0 Å². The van der Waals surface area contributed by atoms with Crippen molar-refractivity contribution in [1.82, 2.24) is 4.90 Å². The molecule has 0 aromatic heterocycles. The second-order valence-corrected chi connectivity index (χ2v) is 6.48. The molecule has 2 aliphatic rings. The van der Waals surface area contributed by atoms with Gasteiger partial charge in [-0.05, 0) is 38.2 Å². The normalized spacial score (nSPS) is 30.1. The van der Waals surface area contributed by atoms with E-state index in [4.69, 9.17) is 4.74 Å². The van der Waals surface area contributed by atoms with Crippen molar-refractivity contribution < 1.29 is 9.53 Å². The van der Waals surface area contributed by atoms with Gasteiger partial charge in [0.1, 0.15) is 0 Å². The standard InChI is InChI=1S/C18H25NO2/c1-3-21-17(20)18-11-7-10-16(18)12-19(13-18)14(2)15-8-5-4-6-9-15/h4-6,8-9,14,16H,3,7,10-13H2,1-2H3/t14-,16+,18+/m0/s1. The van der Waals surface area contributed by atoms with Crippen LogP contribution in [-0.4, -0.2) is 30.6 Å². The molecule has 3 nitrogen and oxygen atoms in total. The van der Waals surface area contributed by atoms with Crippen LogP contribution in [0.5, 0.6) is 0 Å². The van der Waals surface area contributed by atoms with Crippen LogP contribution in [0.4, 0.5) is 0 Å². The summed E-state index contributed by atoms with van der Waals surface area (Å²) in [6, 6.07) is 10.9. The smallest absolute Gasteiger partial charge is 0.313 e. The number of nitrogens with zero attached hydrogens (tertiary/aromatic N) is 1. The van der Waals surface area contributed by atoms with E-state index in [2.05, 4.69) is 42.2 Å². The summed E-state index contributed by atoms with van der Waals surface area (Å²) < 4.78 is 5.40. The fraction of sp³-hybridized carbons (Fsp3) is 0.611. The average molecular weight is 287 g/mol. The highest BCUT2D eigenvalue weighted by molar-refractivity contribution is 5.78. The minimum Gasteiger partial charge on any atom is -0.466 e. The van der Waals surface area contributed by atoms with Gasteiger partial charge in [0.05, 0.1) is 12.0 Å². The highest BCUT2D eigenvalue weighted by Crippen LogP contribution is 2.51. The molecule has 0 radical (unpaired) electrons. The molecule has 1 aliphatic heterocycles. The summed E-state index contributed by atoms with van der Waals surface area (Å²) >= 11 is 0. The molecule has 3 rings (SSSR count). The average Bonchev–Trinajstić information content (AvgIpc) is 3.05. The third kappa shape index (κ3) is 2.48. The first-order chi connectivity index (χ1) is 10.2. The maximum absolute atomic E-state index is 12.5. The lowest BCUT2D eigenvalue weighted by Crippen LogP contribution is -2.37. The molecule has 0 spiro atoms. The molecule has 1 aromatic carbocycles. The molecule has 0 unspecified atom stereocenters. The van der Waals surface area contributed by atoms with E-state index < -0.39 is 0 Å². The Morgan fingerprint density at radius 1 is 1.43 bits per heavy atom. The molecule has 1 aromatic rings. The number of hydrogen-bond acceptors (Lipinski definition) is 3. The second-order valence-electron chi connectivity index (χ2n) is 6.48. The van der Waals surface area contributed by atoms with Gasteiger partial charge in [0, 0.05) is 19.1 Å². The summed E-state index contributed by atoms with van der Waals surface area (Å²) in [6.45, 7) is 6.51. The number of ether oxygens (including phenoxy) is 1. The highest BCUT2D eigenvalue weighted by Gasteiger charge is 2.56. The van der Waals surface area contributed by atoms with E-state index in [1.807, 2.05) is 6.92 Å². The molecule has 0 bridgehead atoms. The van der Waals surface area contributed by atoms with E-state index in [9.17, 15) is 4.79 Å². The molecule has 21 heavy (non-hydrogen) atoms. The molecular formula is C18H25NO2. The maximum Gasteiger partial charge on any atom is 0.313 e. The van der Waals surface area contributed by atoms with E-state index in [1.165, 1.54) is 5.56 Å². The lowest BCUT2D eigenvalue weighted by atomic mass is 9.81. The largest absolute Gasteiger partial charge is 0.466 e. The van der Waals surface area contributed by atoms with Crippen molar-refractivity contribution in [3.8, 4) is 0 Å². The highest BCUT2D eigenvalue weighted by atomic mass is 16.5. The topological polar surface area (TPSA) is 29.5 Å². The lowest BCUT2D eigenvalue weighted by molar-refractivity contribution is -0.156. The van der Waals surface area contributed by atoms with Gasteiger partial charge in [0.2, 0.25) is 0 Å². The quantitative estimate of drug-likeness (QED) is 0.795. The van der Waals surface area contributed by atoms with Gasteiger partial charge >= 0.3 is 5.97 Å². The first-order valence-corrected chi connectivity index (χ1v) is 8.13. The molecule has 114 valence electrons. The van der Waals surface area contributed by atoms with Crippen molar-refractivity contribution in [3.63, 3.8) is 0 Å². The fourth-order valence-electron chi connectivity index (χ4n) is 4.17. The number of carbonyl (C=O) groups is 1. The Balaban J connectivity index is 1.78. The minimum atomic E-state index is -0.237. The number of rotatable bonds is 4. The van der Waals surface area contributed by atoms with E-state index in [0.29, 0.717) is 18.6 Å². The van der Waals surface area contributed by atoms with Crippen LogP contribution in [-0.2, 0) is 9.53 Å². The third-order valence-corrected chi connectivity index (χ3v) is 5.41. The van der Waals surface area contributed by atoms with Crippen molar-refractivity contribution in [2.45, 2.75) is 39.2 Å². The SMILES string of the molecule is CCOC(=O)[C@@]12CCC[C@@H]1CN([C@@H](C)c1ccccc1)C2. The molecule has 3 heteroatoms. The number of esters is 1. The van der Waals surface area contributed by atoms with Gasteiger partial charge < -0.3 is 4.74 Å². The molecule has 2 fully saturated rings. The Labute approximate surface area is 127 Å². The predicted octanol–water partition coefficient (Wildman–Crippen LogP) is 3.41. The molecule has 1 saturated heterocycles. The molecular weight excluding hydrogens is 262 g/mol. The third-order valence-electron chi connectivity index (χ3n) is 5.41. The van der Waals surface area contributed by atoms with Gasteiger partial charge in [-0.2, -0.15) is 0 Å². The zero-order valence-electron chi connectivity index (χ0n) is 13.0. The summed E-state index contributed by atoms with van der Waals surface area (Å²) in [5, 5.41) is 0. The summed E-state index contributed by atoms with van der Waals surface area (Å²) in [6.07, 6.45) is 3.32.